The van der Waals surface area contributed by atoms with Gasteiger partial charge in [0.15, 0.2) is 5.11 Å². The monoisotopic (exact) mass is 497 g/mol. The van der Waals surface area contributed by atoms with Gasteiger partial charge < -0.3 is 16.4 Å². The molecule has 0 fully saturated rings. The van der Waals surface area contributed by atoms with Crippen molar-refractivity contribution in [2.24, 2.45) is 5.73 Å². The zero-order valence-electron chi connectivity index (χ0n) is 17.6. The number of halogens is 6. The van der Waals surface area contributed by atoms with E-state index in [1.165, 1.54) is 0 Å². The van der Waals surface area contributed by atoms with Crippen molar-refractivity contribution in [3.8, 4) is 0 Å². The SMILES string of the molecule is N[C@H](c1ccccc1)[C@H](CNC(=S)Nc1cc(C(F)(F)F)cc(C(F)(F)F)c1)c1ccccc1. The highest BCUT2D eigenvalue weighted by Gasteiger charge is 2.37. The molecule has 0 spiro atoms. The summed E-state index contributed by atoms with van der Waals surface area (Å²) in [5, 5.41) is 5.18. The molecule has 34 heavy (non-hydrogen) atoms. The topological polar surface area (TPSA) is 50.1 Å². The molecule has 0 saturated carbocycles. The van der Waals surface area contributed by atoms with Crippen LogP contribution in [-0.4, -0.2) is 11.7 Å². The van der Waals surface area contributed by atoms with Crippen LogP contribution in [0.5, 0.6) is 0 Å². The molecule has 0 amide bonds. The van der Waals surface area contributed by atoms with Crippen LogP contribution in [0, 0.1) is 0 Å². The first-order valence-corrected chi connectivity index (χ1v) is 10.6. The summed E-state index contributed by atoms with van der Waals surface area (Å²) < 4.78 is 78.6. The van der Waals surface area contributed by atoms with Crippen LogP contribution in [-0.2, 0) is 12.4 Å². The van der Waals surface area contributed by atoms with E-state index in [0.717, 1.165) is 11.1 Å². The molecular formula is C24H21F6N3S. The van der Waals surface area contributed by atoms with Crippen molar-refractivity contribution in [2.45, 2.75) is 24.3 Å². The zero-order chi connectivity index (χ0) is 24.9. The molecule has 0 saturated heterocycles. The summed E-state index contributed by atoms with van der Waals surface area (Å²) in [5.74, 6) is -0.282. The molecule has 3 nitrogen and oxygen atoms in total. The molecule has 0 aliphatic carbocycles. The maximum Gasteiger partial charge on any atom is 0.416 e. The number of nitrogens with one attached hydrogen (secondary N) is 2. The predicted molar refractivity (Wildman–Crippen MR) is 123 cm³/mol. The van der Waals surface area contributed by atoms with Gasteiger partial charge in [-0.15, -0.1) is 0 Å². The first-order chi connectivity index (χ1) is 15.9. The van der Waals surface area contributed by atoms with Gasteiger partial charge in [0.1, 0.15) is 0 Å². The van der Waals surface area contributed by atoms with E-state index in [0.29, 0.717) is 12.1 Å². The van der Waals surface area contributed by atoms with E-state index in [9.17, 15) is 26.3 Å². The zero-order valence-corrected chi connectivity index (χ0v) is 18.4. The largest absolute Gasteiger partial charge is 0.416 e. The van der Waals surface area contributed by atoms with Crippen LogP contribution < -0.4 is 16.4 Å². The lowest BCUT2D eigenvalue weighted by Crippen LogP contribution is -2.36. The van der Waals surface area contributed by atoms with Gasteiger partial charge in [-0.25, -0.2) is 0 Å². The van der Waals surface area contributed by atoms with Gasteiger partial charge in [0.05, 0.1) is 11.1 Å². The Hall–Kier alpha value is -3.11. The lowest BCUT2D eigenvalue weighted by molar-refractivity contribution is -0.143. The molecule has 0 unspecified atom stereocenters. The van der Waals surface area contributed by atoms with Gasteiger partial charge in [-0.1, -0.05) is 60.7 Å². The number of hydrogen-bond donors (Lipinski definition) is 3. The minimum absolute atomic E-state index is 0.0615. The molecule has 0 aliphatic heterocycles. The van der Waals surface area contributed by atoms with Gasteiger partial charge in [-0.05, 0) is 41.5 Å². The molecule has 0 aromatic heterocycles. The summed E-state index contributed by atoms with van der Waals surface area (Å²) in [5.41, 5.74) is 4.97. The second kappa shape index (κ2) is 10.4. The molecule has 0 heterocycles. The summed E-state index contributed by atoms with van der Waals surface area (Å²) in [7, 11) is 0. The number of nitrogens with two attached hydrogens (primary N) is 1. The van der Waals surface area contributed by atoms with Crippen molar-refractivity contribution in [1.29, 1.82) is 0 Å². The van der Waals surface area contributed by atoms with Gasteiger partial charge in [-0.3, -0.25) is 0 Å². The van der Waals surface area contributed by atoms with Gasteiger partial charge in [0.2, 0.25) is 0 Å². The number of rotatable bonds is 6. The molecule has 0 aliphatic rings. The molecule has 0 bridgehead atoms. The van der Waals surface area contributed by atoms with E-state index >= 15 is 0 Å². The number of anilines is 1. The van der Waals surface area contributed by atoms with E-state index in [-0.39, 0.29) is 23.6 Å². The highest BCUT2D eigenvalue weighted by atomic mass is 32.1. The Morgan fingerprint density at radius 3 is 1.71 bits per heavy atom. The second-order valence-electron chi connectivity index (χ2n) is 7.58. The maximum atomic E-state index is 13.1. The fraction of sp³-hybridized carbons (Fsp3) is 0.208. The Kier molecular flexibility index (Phi) is 7.83. The Morgan fingerprint density at radius 1 is 0.765 bits per heavy atom. The summed E-state index contributed by atoms with van der Waals surface area (Å²) in [6, 6.07) is 19.4. The van der Waals surface area contributed by atoms with Crippen molar-refractivity contribution in [3.63, 3.8) is 0 Å². The van der Waals surface area contributed by atoms with Crippen LogP contribution >= 0.6 is 12.2 Å². The normalized spacial score (nSPS) is 13.7. The third-order valence-electron chi connectivity index (χ3n) is 5.17. The highest BCUT2D eigenvalue weighted by Crippen LogP contribution is 2.37. The molecule has 3 aromatic carbocycles. The highest BCUT2D eigenvalue weighted by molar-refractivity contribution is 7.80. The van der Waals surface area contributed by atoms with Crippen molar-refractivity contribution in [3.05, 3.63) is 101 Å². The molecule has 10 heteroatoms. The smallest absolute Gasteiger partial charge is 0.362 e. The van der Waals surface area contributed by atoms with Crippen molar-refractivity contribution in [2.75, 3.05) is 11.9 Å². The average Bonchev–Trinajstić information content (AvgIpc) is 2.79. The molecular weight excluding hydrogens is 476 g/mol. The first kappa shape index (κ1) is 25.5. The van der Waals surface area contributed by atoms with Crippen molar-refractivity contribution >= 4 is 23.0 Å². The van der Waals surface area contributed by atoms with Crippen molar-refractivity contribution < 1.29 is 26.3 Å². The lowest BCUT2D eigenvalue weighted by Gasteiger charge is -2.26. The molecule has 3 rings (SSSR count). The van der Waals surface area contributed by atoms with Gasteiger partial charge in [0.25, 0.3) is 0 Å². The van der Waals surface area contributed by atoms with Gasteiger partial charge in [-0.2, -0.15) is 26.3 Å². The van der Waals surface area contributed by atoms with E-state index < -0.39 is 35.2 Å². The lowest BCUT2D eigenvalue weighted by atomic mass is 9.87. The van der Waals surface area contributed by atoms with Crippen LogP contribution in [0.15, 0.2) is 78.9 Å². The predicted octanol–water partition coefficient (Wildman–Crippen LogP) is 6.49. The summed E-state index contributed by atoms with van der Waals surface area (Å²) in [6.45, 7) is 0.191. The van der Waals surface area contributed by atoms with Crippen LogP contribution in [0.1, 0.15) is 34.2 Å². The minimum Gasteiger partial charge on any atom is -0.362 e. The van der Waals surface area contributed by atoms with Crippen LogP contribution in [0.25, 0.3) is 0 Å². The quantitative estimate of drug-likeness (QED) is 0.269. The molecule has 4 N–H and O–H groups in total. The van der Waals surface area contributed by atoms with E-state index in [1.807, 2.05) is 60.7 Å². The standard InChI is InChI=1S/C24H21F6N3S/c25-23(26,27)17-11-18(24(28,29)30)13-19(12-17)33-22(34)32-14-20(15-7-3-1-4-8-15)21(31)16-9-5-2-6-10-16/h1-13,20-21H,14,31H2,(H2,32,33,34)/t20-,21-/m1/s1. The van der Waals surface area contributed by atoms with Gasteiger partial charge in [0, 0.05) is 24.2 Å². The fourth-order valence-electron chi connectivity index (χ4n) is 3.46. The van der Waals surface area contributed by atoms with Crippen LogP contribution in [0.4, 0.5) is 32.0 Å². The molecule has 3 aromatic rings. The fourth-order valence-corrected chi connectivity index (χ4v) is 3.67. The average molecular weight is 498 g/mol. The Bertz CT molecular complexity index is 1070. The van der Waals surface area contributed by atoms with E-state index in [2.05, 4.69) is 10.6 Å². The van der Waals surface area contributed by atoms with Crippen molar-refractivity contribution in [1.82, 2.24) is 5.32 Å². The number of alkyl halides is 6. The summed E-state index contributed by atoms with van der Waals surface area (Å²) >= 11 is 5.16. The summed E-state index contributed by atoms with van der Waals surface area (Å²) in [4.78, 5) is 0. The van der Waals surface area contributed by atoms with Gasteiger partial charge >= 0.3 is 12.4 Å². The minimum atomic E-state index is -4.95. The second-order valence-corrected chi connectivity index (χ2v) is 7.99. The Morgan fingerprint density at radius 2 is 1.24 bits per heavy atom. The van der Waals surface area contributed by atoms with Crippen LogP contribution in [0.2, 0.25) is 0 Å². The number of hydrogen-bond acceptors (Lipinski definition) is 2. The third-order valence-corrected chi connectivity index (χ3v) is 5.42. The molecule has 2 atom stereocenters. The summed E-state index contributed by atoms with van der Waals surface area (Å²) in [6.07, 6.45) is -9.90. The maximum absolute atomic E-state index is 13.1. The van der Waals surface area contributed by atoms with Crippen LogP contribution in [0.3, 0.4) is 0 Å². The molecule has 180 valence electrons. The number of benzene rings is 3. The number of thiocarbonyl (C=S) groups is 1. The van der Waals surface area contributed by atoms with E-state index in [1.54, 1.807) is 0 Å². The Balaban J connectivity index is 1.79. The van der Waals surface area contributed by atoms with E-state index in [4.69, 9.17) is 18.0 Å². The third kappa shape index (κ3) is 6.71. The molecule has 0 radical (unpaired) electrons. The Labute approximate surface area is 198 Å². The first-order valence-electron chi connectivity index (χ1n) is 10.1.